The Morgan fingerprint density at radius 3 is 1.45 bits per heavy atom. The molecule has 0 aliphatic rings. The fraction of sp³-hybridized carbons (Fsp3) is 0.750. The van der Waals surface area contributed by atoms with Gasteiger partial charge in [0.25, 0.3) is 0 Å². The van der Waals surface area contributed by atoms with Gasteiger partial charge < -0.3 is 0 Å². The third kappa shape index (κ3) is 2.58. The molecular formula is C16H28O3Sn. The number of hydrogen-bond acceptors (Lipinski definition) is 3. The van der Waals surface area contributed by atoms with Crippen molar-refractivity contribution >= 4 is 22.0 Å². The van der Waals surface area contributed by atoms with Gasteiger partial charge in [-0.1, -0.05) is 0 Å². The molecule has 0 radical (unpaired) electrons. The average molecular weight is 387 g/mol. The zero-order valence-electron chi connectivity index (χ0n) is 14.0. The van der Waals surface area contributed by atoms with Crippen LogP contribution in [0.5, 0.6) is 5.75 Å². The van der Waals surface area contributed by atoms with Crippen LogP contribution in [0, 0.1) is 0 Å². The summed E-state index contributed by atoms with van der Waals surface area (Å²) in [5.41, 5.74) is -0.663. The molecular weight excluding hydrogens is 359 g/mol. The molecule has 1 aromatic rings. The summed E-state index contributed by atoms with van der Waals surface area (Å²) in [6.45, 7) is 17.1. The summed E-state index contributed by atoms with van der Waals surface area (Å²) >= 11 is -3.01. The van der Waals surface area contributed by atoms with Gasteiger partial charge in [0.2, 0.25) is 0 Å². The van der Waals surface area contributed by atoms with Gasteiger partial charge in [-0.2, -0.15) is 0 Å². The maximum absolute atomic E-state index is 12.3. The molecule has 0 aliphatic carbocycles. The van der Waals surface area contributed by atoms with E-state index in [0.29, 0.717) is 17.6 Å². The summed E-state index contributed by atoms with van der Waals surface area (Å²) in [5.74, 6) is 0.400. The van der Waals surface area contributed by atoms with Crippen molar-refractivity contribution < 1.29 is 4.74 Å². The first kappa shape index (κ1) is 17.7. The zero-order valence-corrected chi connectivity index (χ0v) is 16.9. The van der Waals surface area contributed by atoms with E-state index >= 15 is 0 Å². The van der Waals surface area contributed by atoms with E-state index in [9.17, 15) is 9.59 Å². The van der Waals surface area contributed by atoms with Crippen LogP contribution >= 0.6 is 0 Å². The molecule has 0 aromatic heterocycles. The Morgan fingerprint density at radius 2 is 1.15 bits per heavy atom. The van der Waals surface area contributed by atoms with Crippen LogP contribution in [0.3, 0.4) is 0 Å². The van der Waals surface area contributed by atoms with Crippen molar-refractivity contribution in [1.82, 2.24) is 0 Å². The fourth-order valence-corrected chi connectivity index (χ4v) is 23.4. The Bertz CT molecular complexity index is 512. The molecule has 0 saturated heterocycles. The Hall–Kier alpha value is -0.321. The normalized spacial score (nSPS) is 13.2. The Morgan fingerprint density at radius 1 is 0.750 bits per heavy atom. The van der Waals surface area contributed by atoms with E-state index in [1.54, 1.807) is 0 Å². The van der Waals surface area contributed by atoms with Crippen LogP contribution < -0.4 is 19.2 Å². The molecule has 1 rings (SSSR count). The van der Waals surface area contributed by atoms with Gasteiger partial charge in [0.05, 0.1) is 0 Å². The molecule has 0 unspecified atom stereocenters. The second kappa shape index (κ2) is 6.20. The monoisotopic (exact) mass is 388 g/mol. The summed E-state index contributed by atoms with van der Waals surface area (Å²) in [6, 6.07) is 0. The topological polar surface area (TPSA) is 43.4 Å². The fourth-order valence-electron chi connectivity index (χ4n) is 3.98. The molecule has 4 heteroatoms. The predicted octanol–water partition coefficient (Wildman–Crippen LogP) is 2.96. The average Bonchev–Trinajstić information content (AvgIpc) is 2.31. The molecule has 0 bridgehead atoms. The molecule has 0 saturated carbocycles. The Balaban J connectivity index is 3.56. The molecule has 20 heavy (non-hydrogen) atoms. The van der Waals surface area contributed by atoms with E-state index in [1.807, 2.05) is 13.8 Å². The molecule has 0 spiro atoms. The van der Waals surface area contributed by atoms with Crippen LogP contribution in [0.4, 0.5) is 0 Å². The van der Waals surface area contributed by atoms with Crippen LogP contribution in [0.2, 0.25) is 11.8 Å². The molecule has 0 amide bonds. The van der Waals surface area contributed by atoms with Crippen molar-refractivity contribution in [2.24, 2.45) is 0 Å². The number of rotatable bonds is 6. The van der Waals surface area contributed by atoms with Gasteiger partial charge >= 0.3 is 126 Å². The van der Waals surface area contributed by atoms with Crippen molar-refractivity contribution in [2.75, 3.05) is 0 Å². The summed E-state index contributed by atoms with van der Waals surface area (Å²) < 4.78 is 7.95. The Kier molecular flexibility index (Phi) is 5.50. The molecule has 3 nitrogen and oxygen atoms in total. The van der Waals surface area contributed by atoms with Crippen molar-refractivity contribution in [3.8, 4) is 5.75 Å². The van der Waals surface area contributed by atoms with E-state index in [1.165, 1.54) is 0 Å². The van der Waals surface area contributed by atoms with Gasteiger partial charge in [-0.3, -0.25) is 0 Å². The van der Waals surface area contributed by atoms with E-state index in [0.717, 1.165) is 3.58 Å². The molecule has 1 aromatic carbocycles. The minimum atomic E-state index is -3.01. The third-order valence-electron chi connectivity index (χ3n) is 4.52. The van der Waals surface area contributed by atoms with Crippen molar-refractivity contribution in [2.45, 2.75) is 73.3 Å². The third-order valence-corrected chi connectivity index (χ3v) is 24.6. The van der Waals surface area contributed by atoms with Crippen LogP contribution in [-0.2, 0) is 0 Å². The van der Waals surface area contributed by atoms with Crippen LogP contribution in [0.25, 0.3) is 0 Å². The second-order valence-corrected chi connectivity index (χ2v) is 23.6. The number of hydrogen-bond donors (Lipinski definition) is 0. The molecule has 0 fully saturated rings. The zero-order chi connectivity index (χ0) is 15.8. The first-order valence-electron chi connectivity index (χ1n) is 7.58. The quantitative estimate of drug-likeness (QED) is 0.557. The predicted molar refractivity (Wildman–Crippen MR) is 87.8 cm³/mol. The van der Waals surface area contributed by atoms with Crippen molar-refractivity contribution in [3.05, 3.63) is 20.4 Å². The summed E-state index contributed by atoms with van der Waals surface area (Å²) in [7, 11) is 0. The van der Waals surface area contributed by atoms with Gasteiger partial charge in [-0.05, 0) is 0 Å². The maximum atomic E-state index is 12.3. The van der Waals surface area contributed by atoms with Crippen LogP contribution in [0.15, 0.2) is 9.59 Å². The van der Waals surface area contributed by atoms with Gasteiger partial charge in [-0.25, -0.2) is 0 Å². The summed E-state index contributed by atoms with van der Waals surface area (Å²) in [5, 5.41) is 0. The standard InChI is InChI=1S/C7H7O3.3C3H7.Sn/c1-4(2)10-6-3-5(8)7(6)9;3*1-3-2;/h4H,1-2H3;3*3H,1-2H3;. The van der Waals surface area contributed by atoms with E-state index < -0.39 is 23.8 Å². The van der Waals surface area contributed by atoms with Gasteiger partial charge in [-0.15, -0.1) is 0 Å². The SMILES string of the molecule is CC(C)Oc1[c]([Sn]([CH](C)C)([CH](C)C)[CH](C)C)c(=O)c1=O. The number of ether oxygens (including phenoxy) is 1. The molecule has 114 valence electrons. The van der Waals surface area contributed by atoms with Crippen LogP contribution in [-0.4, -0.2) is 24.5 Å². The molecule has 0 aliphatic heterocycles. The first-order valence-corrected chi connectivity index (χ1v) is 14.0. The van der Waals surface area contributed by atoms with E-state index in [4.69, 9.17) is 4.74 Å². The van der Waals surface area contributed by atoms with E-state index in [2.05, 4.69) is 41.5 Å². The summed E-state index contributed by atoms with van der Waals surface area (Å²) in [6.07, 6.45) is -0.0625. The van der Waals surface area contributed by atoms with Crippen LogP contribution in [0.1, 0.15) is 55.4 Å². The second-order valence-electron chi connectivity index (χ2n) is 6.93. The van der Waals surface area contributed by atoms with E-state index in [-0.39, 0.29) is 11.5 Å². The van der Waals surface area contributed by atoms with Gasteiger partial charge in [0, 0.05) is 0 Å². The first-order chi connectivity index (χ1) is 9.08. The molecule has 0 heterocycles. The van der Waals surface area contributed by atoms with Gasteiger partial charge in [0.15, 0.2) is 0 Å². The van der Waals surface area contributed by atoms with Crippen molar-refractivity contribution in [3.63, 3.8) is 0 Å². The van der Waals surface area contributed by atoms with Gasteiger partial charge in [0.1, 0.15) is 0 Å². The molecule has 0 atom stereocenters. The minimum absolute atomic E-state index is 0.0625. The summed E-state index contributed by atoms with van der Waals surface area (Å²) in [4.78, 5) is 24.2. The van der Waals surface area contributed by atoms with Crippen molar-refractivity contribution in [1.29, 1.82) is 0 Å². The Labute approximate surface area is 126 Å². The molecule has 0 N–H and O–H groups in total.